The zero-order valence-corrected chi connectivity index (χ0v) is 8.12. The van der Waals surface area contributed by atoms with Crippen molar-refractivity contribution in [2.24, 2.45) is 5.73 Å². The highest BCUT2D eigenvalue weighted by molar-refractivity contribution is 5.87. The summed E-state index contributed by atoms with van der Waals surface area (Å²) in [7, 11) is 0. The Hall–Kier alpha value is -2.38. The van der Waals surface area contributed by atoms with E-state index in [9.17, 15) is 19.7 Å². The van der Waals surface area contributed by atoms with Crippen molar-refractivity contribution >= 4 is 17.6 Å². The summed E-state index contributed by atoms with van der Waals surface area (Å²) in [6.07, 6.45) is 0.985. The van der Waals surface area contributed by atoms with Gasteiger partial charge in [-0.1, -0.05) is 0 Å². The Morgan fingerprint density at radius 2 is 2.19 bits per heavy atom. The maximum absolute atomic E-state index is 10.7. The van der Waals surface area contributed by atoms with Crippen molar-refractivity contribution in [2.45, 2.75) is 13.0 Å². The molecule has 0 aliphatic rings. The number of nitrogens with zero attached hydrogens (tertiary/aromatic N) is 2. The fourth-order valence-corrected chi connectivity index (χ4v) is 1.19. The number of carboxylic acid groups (broad SMARTS) is 1. The summed E-state index contributed by atoms with van der Waals surface area (Å²) in [5, 5.41) is 19.2. The van der Waals surface area contributed by atoms with E-state index in [-0.39, 0.29) is 24.3 Å². The van der Waals surface area contributed by atoms with E-state index in [0.717, 1.165) is 16.8 Å². The number of nitro groups is 1. The molecule has 16 heavy (non-hydrogen) atoms. The smallest absolute Gasteiger partial charge is 0.352 e. The van der Waals surface area contributed by atoms with E-state index in [0.29, 0.717) is 0 Å². The van der Waals surface area contributed by atoms with Gasteiger partial charge in [0.05, 0.1) is 11.1 Å². The van der Waals surface area contributed by atoms with Gasteiger partial charge < -0.3 is 15.4 Å². The number of aryl methyl sites for hydroxylation is 1. The Morgan fingerprint density at radius 1 is 1.56 bits per heavy atom. The van der Waals surface area contributed by atoms with Crippen LogP contribution in [-0.4, -0.2) is 26.5 Å². The minimum absolute atomic E-state index is 0.00477. The largest absolute Gasteiger partial charge is 0.477 e. The average Bonchev–Trinajstić information content (AvgIpc) is 2.58. The molecule has 0 aromatic carbocycles. The number of carbonyl (C=O) groups is 2. The summed E-state index contributed by atoms with van der Waals surface area (Å²) < 4.78 is 1.12. The molecule has 0 spiro atoms. The molecule has 1 aromatic heterocycles. The number of amides is 1. The van der Waals surface area contributed by atoms with Gasteiger partial charge in [-0.3, -0.25) is 14.9 Å². The number of primary amides is 1. The van der Waals surface area contributed by atoms with E-state index < -0.39 is 16.8 Å². The zero-order chi connectivity index (χ0) is 12.3. The summed E-state index contributed by atoms with van der Waals surface area (Å²) in [5.74, 6) is -1.90. The van der Waals surface area contributed by atoms with Crippen LogP contribution in [0.1, 0.15) is 16.9 Å². The number of aromatic carboxylic acids is 1. The fourth-order valence-electron chi connectivity index (χ4n) is 1.19. The molecule has 0 saturated carbocycles. The minimum Gasteiger partial charge on any atom is -0.477 e. The van der Waals surface area contributed by atoms with Crippen molar-refractivity contribution in [1.29, 1.82) is 0 Å². The zero-order valence-electron chi connectivity index (χ0n) is 8.12. The highest BCUT2D eigenvalue weighted by Crippen LogP contribution is 2.16. The molecule has 1 aromatic rings. The van der Waals surface area contributed by atoms with E-state index in [2.05, 4.69) is 0 Å². The van der Waals surface area contributed by atoms with Crippen molar-refractivity contribution in [3.05, 3.63) is 28.1 Å². The molecule has 0 saturated heterocycles. The summed E-state index contributed by atoms with van der Waals surface area (Å²) in [4.78, 5) is 31.0. The molecule has 0 radical (unpaired) electrons. The first kappa shape index (κ1) is 11.7. The molecule has 8 nitrogen and oxygen atoms in total. The lowest BCUT2D eigenvalue weighted by molar-refractivity contribution is -0.384. The molecule has 1 rings (SSSR count). The SMILES string of the molecule is NC(=O)CCn1cc([N+](=O)[O-])cc1C(=O)O. The highest BCUT2D eigenvalue weighted by atomic mass is 16.6. The molecule has 3 N–H and O–H groups in total. The van der Waals surface area contributed by atoms with E-state index in [1.165, 1.54) is 0 Å². The first-order chi connectivity index (χ1) is 7.41. The summed E-state index contributed by atoms with van der Waals surface area (Å²) in [6.45, 7) is 0.00477. The standard InChI is InChI=1S/C8H9N3O5/c9-7(12)1-2-10-4-5(11(15)16)3-6(10)8(13)14/h3-4H,1-2H2,(H2,9,12)(H,13,14). The first-order valence-electron chi connectivity index (χ1n) is 4.28. The van der Waals surface area contributed by atoms with Crippen LogP contribution in [0.2, 0.25) is 0 Å². The Morgan fingerprint density at radius 3 is 2.62 bits per heavy atom. The Balaban J connectivity index is 3.00. The van der Waals surface area contributed by atoms with Crippen molar-refractivity contribution in [3.63, 3.8) is 0 Å². The molecule has 0 fully saturated rings. The summed E-state index contributed by atoms with van der Waals surface area (Å²) >= 11 is 0. The number of hydrogen-bond donors (Lipinski definition) is 2. The van der Waals surface area contributed by atoms with Gasteiger partial charge in [0.2, 0.25) is 5.91 Å². The maximum atomic E-state index is 10.7. The predicted molar refractivity (Wildman–Crippen MR) is 51.9 cm³/mol. The number of hydrogen-bond acceptors (Lipinski definition) is 4. The predicted octanol–water partition coefficient (Wildman–Crippen LogP) is -0.0301. The van der Waals surface area contributed by atoms with E-state index >= 15 is 0 Å². The third-order valence-electron chi connectivity index (χ3n) is 1.91. The molecule has 0 bridgehead atoms. The number of carbonyl (C=O) groups excluding carboxylic acids is 1. The first-order valence-corrected chi connectivity index (χ1v) is 4.28. The Bertz CT molecular complexity index is 451. The molecule has 1 amide bonds. The van der Waals surface area contributed by atoms with Gasteiger partial charge in [-0.15, -0.1) is 0 Å². The second kappa shape index (κ2) is 4.43. The van der Waals surface area contributed by atoms with Gasteiger partial charge in [-0.2, -0.15) is 0 Å². The van der Waals surface area contributed by atoms with Crippen molar-refractivity contribution < 1.29 is 19.6 Å². The normalized spacial score (nSPS) is 10.0. The third kappa shape index (κ3) is 2.56. The molecule has 1 heterocycles. The van der Waals surface area contributed by atoms with Crippen molar-refractivity contribution in [2.75, 3.05) is 0 Å². The summed E-state index contributed by atoms with van der Waals surface area (Å²) in [5.41, 5.74) is 4.33. The number of nitrogens with two attached hydrogens (primary N) is 1. The van der Waals surface area contributed by atoms with E-state index in [4.69, 9.17) is 10.8 Å². The molecule has 0 aliphatic heterocycles. The number of rotatable bonds is 5. The van der Waals surface area contributed by atoms with Crippen molar-refractivity contribution in [3.8, 4) is 0 Å². The van der Waals surface area contributed by atoms with Gasteiger partial charge >= 0.3 is 5.97 Å². The van der Waals surface area contributed by atoms with Crippen LogP contribution >= 0.6 is 0 Å². The van der Waals surface area contributed by atoms with Gasteiger partial charge in [0.25, 0.3) is 5.69 Å². The molecule has 0 unspecified atom stereocenters. The molecule has 0 aliphatic carbocycles. The molecule has 0 atom stereocenters. The Kier molecular flexibility index (Phi) is 3.24. The van der Waals surface area contributed by atoms with Gasteiger partial charge in [0.1, 0.15) is 5.69 Å². The molecule has 8 heteroatoms. The van der Waals surface area contributed by atoms with Crippen molar-refractivity contribution in [1.82, 2.24) is 4.57 Å². The second-order valence-corrected chi connectivity index (χ2v) is 3.06. The van der Waals surface area contributed by atoms with Crippen LogP contribution < -0.4 is 5.73 Å². The lowest BCUT2D eigenvalue weighted by atomic mass is 10.4. The van der Waals surface area contributed by atoms with E-state index in [1.54, 1.807) is 0 Å². The van der Waals surface area contributed by atoms with Crippen LogP contribution in [0.15, 0.2) is 12.3 Å². The monoisotopic (exact) mass is 227 g/mol. The lowest BCUT2D eigenvalue weighted by Crippen LogP contribution is -2.15. The van der Waals surface area contributed by atoms with Crippen LogP contribution in [0.3, 0.4) is 0 Å². The van der Waals surface area contributed by atoms with Gasteiger partial charge in [0.15, 0.2) is 0 Å². The van der Waals surface area contributed by atoms with Crippen LogP contribution in [0.5, 0.6) is 0 Å². The van der Waals surface area contributed by atoms with Crippen LogP contribution in [-0.2, 0) is 11.3 Å². The maximum Gasteiger partial charge on any atom is 0.352 e. The van der Waals surface area contributed by atoms with Crippen LogP contribution in [0.25, 0.3) is 0 Å². The number of aromatic nitrogens is 1. The average molecular weight is 227 g/mol. The topological polar surface area (TPSA) is 128 Å². The highest BCUT2D eigenvalue weighted by Gasteiger charge is 2.18. The van der Waals surface area contributed by atoms with Gasteiger partial charge in [0, 0.05) is 19.0 Å². The van der Waals surface area contributed by atoms with E-state index in [1.807, 2.05) is 0 Å². The third-order valence-corrected chi connectivity index (χ3v) is 1.91. The van der Waals surface area contributed by atoms with Gasteiger partial charge in [-0.25, -0.2) is 4.79 Å². The second-order valence-electron chi connectivity index (χ2n) is 3.06. The minimum atomic E-state index is -1.29. The quantitative estimate of drug-likeness (QED) is 0.539. The molecular formula is C8H9N3O5. The molecule has 86 valence electrons. The fraction of sp³-hybridized carbons (Fsp3) is 0.250. The van der Waals surface area contributed by atoms with Gasteiger partial charge in [-0.05, 0) is 0 Å². The number of carboxylic acids is 1. The van der Waals surface area contributed by atoms with Crippen LogP contribution in [0, 0.1) is 10.1 Å². The lowest BCUT2D eigenvalue weighted by Gasteiger charge is -2.02. The van der Waals surface area contributed by atoms with Crippen LogP contribution in [0.4, 0.5) is 5.69 Å². The Labute approximate surface area is 89.4 Å². The molecular weight excluding hydrogens is 218 g/mol. The summed E-state index contributed by atoms with van der Waals surface area (Å²) in [6, 6.07) is 0.934.